The highest BCUT2D eigenvalue weighted by molar-refractivity contribution is 5.98. The van der Waals surface area contributed by atoms with Gasteiger partial charge in [-0.3, -0.25) is 20.4 Å². The van der Waals surface area contributed by atoms with Gasteiger partial charge in [0.1, 0.15) is 11.5 Å². The Bertz CT molecular complexity index is 1080. The molecular weight excluding hydrogens is 422 g/mol. The first-order valence-corrected chi connectivity index (χ1v) is 10.9. The second-order valence-electron chi connectivity index (χ2n) is 7.48. The van der Waals surface area contributed by atoms with Crippen LogP contribution in [0.25, 0.3) is 5.69 Å². The number of hydrogen-bond donors (Lipinski definition) is 2. The summed E-state index contributed by atoms with van der Waals surface area (Å²) in [4.78, 5) is 24.9. The van der Waals surface area contributed by atoms with Crippen LogP contribution in [0.4, 0.5) is 0 Å². The summed E-state index contributed by atoms with van der Waals surface area (Å²) in [6, 6.07) is 14.0. The van der Waals surface area contributed by atoms with Crippen molar-refractivity contribution in [1.29, 1.82) is 0 Å². The SMILES string of the molecule is CCCCCCOc1ccc(C(=O)NNC(=O)c2nnn(-c3cccc(OC)c3)c2C)cc1. The van der Waals surface area contributed by atoms with Crippen LogP contribution in [-0.2, 0) is 0 Å². The molecule has 1 heterocycles. The molecule has 1 aromatic heterocycles. The number of unbranched alkanes of at least 4 members (excludes halogenated alkanes) is 3. The third kappa shape index (κ3) is 6.31. The van der Waals surface area contributed by atoms with Gasteiger partial charge < -0.3 is 9.47 Å². The fraction of sp³-hybridized carbons (Fsp3) is 0.333. The molecule has 0 saturated heterocycles. The van der Waals surface area contributed by atoms with Crippen LogP contribution in [0, 0.1) is 6.92 Å². The number of methoxy groups -OCH3 is 1. The van der Waals surface area contributed by atoms with Crippen LogP contribution in [0.5, 0.6) is 11.5 Å². The molecule has 174 valence electrons. The number of ether oxygens (including phenoxy) is 2. The lowest BCUT2D eigenvalue weighted by Gasteiger charge is -2.09. The smallest absolute Gasteiger partial charge is 0.292 e. The van der Waals surface area contributed by atoms with Gasteiger partial charge in [-0.05, 0) is 49.7 Å². The van der Waals surface area contributed by atoms with E-state index in [-0.39, 0.29) is 5.69 Å². The summed E-state index contributed by atoms with van der Waals surface area (Å²) < 4.78 is 12.4. The second-order valence-corrected chi connectivity index (χ2v) is 7.48. The molecule has 0 atom stereocenters. The topological polar surface area (TPSA) is 107 Å². The van der Waals surface area contributed by atoms with Gasteiger partial charge in [0.05, 0.1) is 25.1 Å². The first-order chi connectivity index (χ1) is 16.0. The molecule has 0 radical (unpaired) electrons. The van der Waals surface area contributed by atoms with Crippen molar-refractivity contribution in [2.24, 2.45) is 0 Å². The van der Waals surface area contributed by atoms with Crippen LogP contribution >= 0.6 is 0 Å². The van der Waals surface area contributed by atoms with E-state index >= 15 is 0 Å². The van der Waals surface area contributed by atoms with Gasteiger partial charge in [0.25, 0.3) is 11.8 Å². The standard InChI is InChI=1S/C24H29N5O4/c1-4-5-6-7-15-33-20-13-11-18(12-14-20)23(30)26-27-24(31)22-17(2)29(28-25-22)19-9-8-10-21(16-19)32-3/h8-14,16H,4-7,15H2,1-3H3,(H,26,30)(H,27,31). The summed E-state index contributed by atoms with van der Waals surface area (Å²) >= 11 is 0. The van der Waals surface area contributed by atoms with E-state index in [1.165, 1.54) is 17.5 Å². The van der Waals surface area contributed by atoms with Crippen molar-refractivity contribution < 1.29 is 19.1 Å². The molecule has 9 nitrogen and oxygen atoms in total. The van der Waals surface area contributed by atoms with Crippen molar-refractivity contribution in [3.63, 3.8) is 0 Å². The Kier molecular flexibility index (Phi) is 8.40. The molecule has 0 aliphatic heterocycles. The monoisotopic (exact) mass is 451 g/mol. The molecule has 3 rings (SSSR count). The molecule has 0 saturated carbocycles. The minimum atomic E-state index is -0.568. The van der Waals surface area contributed by atoms with E-state index in [1.807, 2.05) is 18.2 Å². The quantitative estimate of drug-likeness (QED) is 0.360. The summed E-state index contributed by atoms with van der Waals surface area (Å²) in [5.41, 5.74) is 6.51. The summed E-state index contributed by atoms with van der Waals surface area (Å²) in [5, 5.41) is 7.99. The highest BCUT2D eigenvalue weighted by Crippen LogP contribution is 2.18. The van der Waals surface area contributed by atoms with Gasteiger partial charge in [-0.25, -0.2) is 4.68 Å². The molecule has 2 aromatic carbocycles. The third-order valence-corrected chi connectivity index (χ3v) is 5.08. The summed E-state index contributed by atoms with van der Waals surface area (Å²) in [7, 11) is 1.57. The molecule has 0 aliphatic carbocycles. The average molecular weight is 452 g/mol. The van der Waals surface area contributed by atoms with Crippen LogP contribution in [-0.4, -0.2) is 40.5 Å². The van der Waals surface area contributed by atoms with Gasteiger partial charge in [0, 0.05) is 11.6 Å². The van der Waals surface area contributed by atoms with Crippen molar-refractivity contribution >= 4 is 11.8 Å². The largest absolute Gasteiger partial charge is 0.497 e. The van der Waals surface area contributed by atoms with Crippen LogP contribution in [0.1, 0.15) is 59.1 Å². The van der Waals surface area contributed by atoms with E-state index in [0.717, 1.165) is 12.8 Å². The van der Waals surface area contributed by atoms with Crippen molar-refractivity contribution in [3.8, 4) is 17.2 Å². The molecule has 0 spiro atoms. The molecule has 0 fully saturated rings. The number of nitrogens with one attached hydrogen (secondary N) is 2. The van der Waals surface area contributed by atoms with Crippen LogP contribution in [0.3, 0.4) is 0 Å². The van der Waals surface area contributed by atoms with Crippen molar-refractivity contribution in [2.45, 2.75) is 39.5 Å². The zero-order valence-corrected chi connectivity index (χ0v) is 19.1. The summed E-state index contributed by atoms with van der Waals surface area (Å²) in [6.45, 7) is 4.54. The Morgan fingerprint density at radius 1 is 0.970 bits per heavy atom. The van der Waals surface area contributed by atoms with E-state index in [9.17, 15) is 9.59 Å². The van der Waals surface area contributed by atoms with Gasteiger partial charge in [-0.15, -0.1) is 5.10 Å². The molecule has 0 unspecified atom stereocenters. The maximum absolute atomic E-state index is 12.5. The number of hydrogen-bond acceptors (Lipinski definition) is 6. The van der Waals surface area contributed by atoms with E-state index in [2.05, 4.69) is 28.1 Å². The number of aromatic nitrogens is 3. The molecule has 9 heteroatoms. The van der Waals surface area contributed by atoms with Crippen molar-refractivity contribution in [1.82, 2.24) is 25.8 Å². The lowest BCUT2D eigenvalue weighted by molar-refractivity contribution is 0.0843. The molecule has 0 aliphatic rings. The number of hydrazine groups is 1. The lowest BCUT2D eigenvalue weighted by atomic mass is 10.2. The number of rotatable bonds is 10. The zero-order valence-electron chi connectivity index (χ0n) is 19.1. The minimum absolute atomic E-state index is 0.102. The molecule has 2 N–H and O–H groups in total. The van der Waals surface area contributed by atoms with Crippen LogP contribution in [0.15, 0.2) is 48.5 Å². The fourth-order valence-electron chi connectivity index (χ4n) is 3.19. The van der Waals surface area contributed by atoms with E-state index in [0.29, 0.717) is 35.1 Å². The van der Waals surface area contributed by atoms with Crippen molar-refractivity contribution in [2.75, 3.05) is 13.7 Å². The van der Waals surface area contributed by atoms with Gasteiger partial charge in [-0.2, -0.15) is 0 Å². The van der Waals surface area contributed by atoms with Gasteiger partial charge in [0.2, 0.25) is 0 Å². The Morgan fingerprint density at radius 2 is 1.73 bits per heavy atom. The molecular formula is C24H29N5O4. The van der Waals surface area contributed by atoms with E-state index in [4.69, 9.17) is 9.47 Å². The van der Waals surface area contributed by atoms with Gasteiger partial charge in [-0.1, -0.05) is 37.5 Å². The normalized spacial score (nSPS) is 10.5. The summed E-state index contributed by atoms with van der Waals surface area (Å²) in [6.07, 6.45) is 4.53. The number of nitrogens with zero attached hydrogens (tertiary/aromatic N) is 3. The van der Waals surface area contributed by atoms with Crippen LogP contribution in [0.2, 0.25) is 0 Å². The first-order valence-electron chi connectivity index (χ1n) is 10.9. The first kappa shape index (κ1) is 23.8. The maximum atomic E-state index is 12.5. The molecule has 33 heavy (non-hydrogen) atoms. The molecule has 3 aromatic rings. The number of carbonyl (C=O) groups excluding carboxylic acids is 2. The third-order valence-electron chi connectivity index (χ3n) is 5.08. The van der Waals surface area contributed by atoms with Crippen molar-refractivity contribution in [3.05, 3.63) is 65.5 Å². The zero-order chi connectivity index (χ0) is 23.6. The molecule has 2 amide bonds. The van der Waals surface area contributed by atoms with Gasteiger partial charge in [0.15, 0.2) is 5.69 Å². The average Bonchev–Trinajstić information content (AvgIpc) is 3.24. The number of amides is 2. The predicted octanol–water partition coefficient (Wildman–Crippen LogP) is 3.62. The second kappa shape index (κ2) is 11.7. The highest BCUT2D eigenvalue weighted by Gasteiger charge is 2.18. The fourth-order valence-corrected chi connectivity index (χ4v) is 3.19. The van der Waals surface area contributed by atoms with Crippen LogP contribution < -0.4 is 20.3 Å². The number of carbonyl (C=O) groups is 2. The summed E-state index contributed by atoms with van der Waals surface area (Å²) in [5.74, 6) is 0.350. The van der Waals surface area contributed by atoms with E-state index < -0.39 is 11.8 Å². The Balaban J connectivity index is 1.54. The number of benzene rings is 2. The van der Waals surface area contributed by atoms with Gasteiger partial charge >= 0.3 is 0 Å². The highest BCUT2D eigenvalue weighted by atomic mass is 16.5. The maximum Gasteiger partial charge on any atom is 0.292 e. The Morgan fingerprint density at radius 3 is 2.45 bits per heavy atom. The predicted molar refractivity (Wildman–Crippen MR) is 124 cm³/mol. The Labute approximate surface area is 193 Å². The molecule has 0 bridgehead atoms. The van der Waals surface area contributed by atoms with E-state index in [1.54, 1.807) is 44.4 Å². The Hall–Kier alpha value is -3.88. The lowest BCUT2D eigenvalue weighted by Crippen LogP contribution is -2.42. The minimum Gasteiger partial charge on any atom is -0.497 e.